The van der Waals surface area contributed by atoms with Gasteiger partial charge < -0.3 is 10.2 Å². The fourth-order valence-electron chi connectivity index (χ4n) is 0.894. The van der Waals surface area contributed by atoms with Crippen LogP contribution in [0.4, 0.5) is 0 Å². The first-order chi connectivity index (χ1) is 6.24. The molecule has 0 bridgehead atoms. The lowest BCUT2D eigenvalue weighted by atomic mass is 10.1. The monoisotopic (exact) mass is 182 g/mol. The van der Waals surface area contributed by atoms with Gasteiger partial charge in [-0.25, -0.2) is 0 Å². The molecule has 0 saturated carbocycles. The van der Waals surface area contributed by atoms with Crippen molar-refractivity contribution in [3.05, 3.63) is 35.4 Å². The van der Waals surface area contributed by atoms with Gasteiger partial charge in [-0.3, -0.25) is 0 Å². The van der Waals surface area contributed by atoms with Crippen molar-refractivity contribution in [2.45, 2.75) is 26.9 Å². The summed E-state index contributed by atoms with van der Waals surface area (Å²) in [5.74, 6) is 0. The Bertz CT molecular complexity index is 216. The van der Waals surface area contributed by atoms with Gasteiger partial charge in [0.15, 0.2) is 0 Å². The Morgan fingerprint density at radius 3 is 2.00 bits per heavy atom. The van der Waals surface area contributed by atoms with Crippen molar-refractivity contribution < 1.29 is 10.2 Å². The minimum atomic E-state index is -0.740. The number of benzene rings is 1. The zero-order valence-electron chi connectivity index (χ0n) is 8.49. The minimum absolute atomic E-state index is 0.219. The fourth-order valence-corrected chi connectivity index (χ4v) is 0.894. The molecule has 0 fully saturated rings. The molecule has 1 aromatic carbocycles. The molecule has 1 rings (SSSR count). The van der Waals surface area contributed by atoms with E-state index in [2.05, 4.69) is 0 Å². The molecule has 1 unspecified atom stereocenters. The van der Waals surface area contributed by atoms with Gasteiger partial charge in [0, 0.05) is 0 Å². The summed E-state index contributed by atoms with van der Waals surface area (Å²) in [6, 6.07) is 7.45. The van der Waals surface area contributed by atoms with Crippen LogP contribution in [0.3, 0.4) is 0 Å². The third-order valence-electron chi connectivity index (χ3n) is 1.64. The average molecular weight is 182 g/mol. The first-order valence-corrected chi connectivity index (χ1v) is 4.59. The molecule has 0 aromatic heterocycles. The Balaban J connectivity index is 0.000000671. The van der Waals surface area contributed by atoms with E-state index < -0.39 is 6.10 Å². The highest BCUT2D eigenvalue weighted by Crippen LogP contribution is 2.11. The van der Waals surface area contributed by atoms with Gasteiger partial charge >= 0.3 is 0 Å². The van der Waals surface area contributed by atoms with Gasteiger partial charge in [0.1, 0.15) is 6.10 Å². The molecule has 1 atom stereocenters. The molecule has 2 heteroatoms. The summed E-state index contributed by atoms with van der Waals surface area (Å²) in [6.07, 6.45) is -0.740. The van der Waals surface area contributed by atoms with Gasteiger partial charge in [0.2, 0.25) is 0 Å². The molecule has 0 saturated heterocycles. The number of aliphatic hydroxyl groups excluding tert-OH is 2. The quantitative estimate of drug-likeness (QED) is 0.735. The Hall–Kier alpha value is -0.860. The predicted octanol–water partition coefficient (Wildman–Crippen LogP) is 2.05. The summed E-state index contributed by atoms with van der Waals surface area (Å²) in [5, 5.41) is 17.8. The van der Waals surface area contributed by atoms with Crippen LogP contribution in [-0.4, -0.2) is 16.8 Å². The first kappa shape index (κ1) is 12.1. The van der Waals surface area contributed by atoms with E-state index in [-0.39, 0.29) is 6.61 Å². The van der Waals surface area contributed by atoms with E-state index in [9.17, 15) is 5.11 Å². The van der Waals surface area contributed by atoms with Gasteiger partial charge in [0.05, 0.1) is 6.61 Å². The molecule has 0 amide bonds. The maximum atomic E-state index is 9.17. The molecule has 0 spiro atoms. The predicted molar refractivity (Wildman–Crippen MR) is 54.6 cm³/mol. The highest BCUT2D eigenvalue weighted by Gasteiger charge is 2.03. The molecule has 13 heavy (non-hydrogen) atoms. The lowest BCUT2D eigenvalue weighted by Crippen LogP contribution is -2.01. The van der Waals surface area contributed by atoms with Crippen molar-refractivity contribution >= 4 is 0 Å². The summed E-state index contributed by atoms with van der Waals surface area (Å²) in [7, 11) is 0. The summed E-state index contributed by atoms with van der Waals surface area (Å²) in [6.45, 7) is 5.76. The normalized spacial score (nSPS) is 11.5. The standard InChI is InChI=1S/C9H12O2.C2H6/c1-7-2-4-8(5-3-7)9(11)6-10;1-2/h2-5,9-11H,6H2,1H3;1-2H3. The van der Waals surface area contributed by atoms with E-state index in [0.717, 1.165) is 11.1 Å². The fraction of sp³-hybridized carbons (Fsp3) is 0.455. The molecular weight excluding hydrogens is 164 g/mol. The van der Waals surface area contributed by atoms with Gasteiger partial charge in [-0.15, -0.1) is 0 Å². The van der Waals surface area contributed by atoms with E-state index in [0.29, 0.717) is 0 Å². The SMILES string of the molecule is CC.Cc1ccc(C(O)CO)cc1. The van der Waals surface area contributed by atoms with Gasteiger partial charge in [-0.05, 0) is 12.5 Å². The molecule has 2 nitrogen and oxygen atoms in total. The maximum absolute atomic E-state index is 9.17. The van der Waals surface area contributed by atoms with E-state index >= 15 is 0 Å². The molecule has 74 valence electrons. The third kappa shape index (κ3) is 4.06. The summed E-state index contributed by atoms with van der Waals surface area (Å²) >= 11 is 0. The second-order valence-electron chi connectivity index (χ2n) is 2.61. The van der Waals surface area contributed by atoms with Crippen LogP contribution in [0.2, 0.25) is 0 Å². The molecule has 1 aromatic rings. The zero-order chi connectivity index (χ0) is 10.3. The Labute approximate surface area is 79.9 Å². The second kappa shape index (κ2) is 6.63. The highest BCUT2D eigenvalue weighted by atomic mass is 16.3. The van der Waals surface area contributed by atoms with Gasteiger partial charge in [0.25, 0.3) is 0 Å². The Morgan fingerprint density at radius 1 is 1.15 bits per heavy atom. The van der Waals surface area contributed by atoms with Crippen LogP contribution in [-0.2, 0) is 0 Å². The molecule has 2 N–H and O–H groups in total. The van der Waals surface area contributed by atoms with Crippen molar-refractivity contribution in [3.63, 3.8) is 0 Å². The summed E-state index contributed by atoms with van der Waals surface area (Å²) in [5.41, 5.74) is 1.91. The van der Waals surface area contributed by atoms with Crippen LogP contribution in [0.25, 0.3) is 0 Å². The van der Waals surface area contributed by atoms with Crippen LogP contribution >= 0.6 is 0 Å². The lowest BCUT2D eigenvalue weighted by molar-refractivity contribution is 0.0956. The van der Waals surface area contributed by atoms with Crippen LogP contribution in [0.15, 0.2) is 24.3 Å². The van der Waals surface area contributed by atoms with E-state index in [1.165, 1.54) is 0 Å². The largest absolute Gasteiger partial charge is 0.393 e. The molecular formula is C11H18O2. The molecule has 0 aliphatic carbocycles. The van der Waals surface area contributed by atoms with Crippen molar-refractivity contribution in [3.8, 4) is 0 Å². The highest BCUT2D eigenvalue weighted by molar-refractivity contribution is 5.22. The summed E-state index contributed by atoms with van der Waals surface area (Å²) < 4.78 is 0. The molecule has 0 radical (unpaired) electrons. The number of hydrogen-bond donors (Lipinski definition) is 2. The zero-order valence-corrected chi connectivity index (χ0v) is 8.49. The number of hydrogen-bond acceptors (Lipinski definition) is 2. The third-order valence-corrected chi connectivity index (χ3v) is 1.64. The van der Waals surface area contributed by atoms with Crippen molar-refractivity contribution in [1.29, 1.82) is 0 Å². The molecule has 0 aliphatic heterocycles. The van der Waals surface area contributed by atoms with E-state index in [4.69, 9.17) is 5.11 Å². The first-order valence-electron chi connectivity index (χ1n) is 4.59. The van der Waals surface area contributed by atoms with Gasteiger partial charge in [-0.2, -0.15) is 0 Å². The minimum Gasteiger partial charge on any atom is -0.393 e. The van der Waals surface area contributed by atoms with E-state index in [1.54, 1.807) is 0 Å². The molecule has 0 heterocycles. The Morgan fingerprint density at radius 2 is 1.62 bits per heavy atom. The van der Waals surface area contributed by atoms with Crippen molar-refractivity contribution in [1.82, 2.24) is 0 Å². The van der Waals surface area contributed by atoms with Crippen molar-refractivity contribution in [2.24, 2.45) is 0 Å². The number of aryl methyl sites for hydroxylation is 1. The van der Waals surface area contributed by atoms with E-state index in [1.807, 2.05) is 45.0 Å². The number of rotatable bonds is 2. The smallest absolute Gasteiger partial charge is 0.102 e. The second-order valence-corrected chi connectivity index (χ2v) is 2.61. The lowest BCUT2D eigenvalue weighted by Gasteiger charge is -2.06. The number of aliphatic hydroxyl groups is 2. The van der Waals surface area contributed by atoms with Crippen molar-refractivity contribution in [2.75, 3.05) is 6.61 Å². The van der Waals surface area contributed by atoms with Gasteiger partial charge in [-0.1, -0.05) is 43.7 Å². The van der Waals surface area contributed by atoms with Crippen LogP contribution in [0, 0.1) is 6.92 Å². The van der Waals surface area contributed by atoms with Crippen LogP contribution in [0.1, 0.15) is 31.1 Å². The maximum Gasteiger partial charge on any atom is 0.102 e. The van der Waals surface area contributed by atoms with Crippen LogP contribution < -0.4 is 0 Å². The topological polar surface area (TPSA) is 40.5 Å². The van der Waals surface area contributed by atoms with Crippen LogP contribution in [0.5, 0.6) is 0 Å². The average Bonchev–Trinajstić information content (AvgIpc) is 2.21. The summed E-state index contributed by atoms with van der Waals surface area (Å²) in [4.78, 5) is 0. The molecule has 0 aliphatic rings. The Kier molecular flexibility index (Phi) is 6.20.